The Labute approximate surface area is 180 Å². The molecule has 6 nitrogen and oxygen atoms in total. The molecular formula is C20H35IN4O2. The molecule has 1 aliphatic rings. The number of amides is 1. The van der Waals surface area contributed by atoms with Gasteiger partial charge in [-0.1, -0.05) is 20.3 Å². The van der Waals surface area contributed by atoms with Crippen LogP contribution in [-0.4, -0.2) is 50.5 Å². The second-order valence-corrected chi connectivity index (χ2v) is 8.01. The first-order valence-electron chi connectivity index (χ1n) is 9.65. The highest BCUT2D eigenvalue weighted by atomic mass is 127. The van der Waals surface area contributed by atoms with E-state index in [0.717, 1.165) is 18.7 Å². The van der Waals surface area contributed by atoms with Crippen LogP contribution < -0.4 is 10.6 Å². The molecule has 154 valence electrons. The molecular weight excluding hydrogens is 455 g/mol. The summed E-state index contributed by atoms with van der Waals surface area (Å²) in [4.78, 5) is 17.9. The highest BCUT2D eigenvalue weighted by Gasteiger charge is 2.37. The first kappa shape index (κ1) is 23.8. The summed E-state index contributed by atoms with van der Waals surface area (Å²) in [6.45, 7) is 6.35. The third-order valence-corrected chi connectivity index (χ3v) is 5.00. The predicted molar refractivity (Wildman–Crippen MR) is 121 cm³/mol. The van der Waals surface area contributed by atoms with Crippen LogP contribution in [0.25, 0.3) is 0 Å². The molecule has 0 bridgehead atoms. The van der Waals surface area contributed by atoms with E-state index < -0.39 is 0 Å². The van der Waals surface area contributed by atoms with E-state index in [2.05, 4.69) is 29.5 Å². The smallest absolute Gasteiger partial charge is 0.243 e. The summed E-state index contributed by atoms with van der Waals surface area (Å²) in [6.07, 6.45) is 7.56. The number of hydrogen-bond donors (Lipinski definition) is 2. The molecule has 2 rings (SSSR count). The quantitative estimate of drug-likeness (QED) is 0.317. The monoisotopic (exact) mass is 490 g/mol. The van der Waals surface area contributed by atoms with Gasteiger partial charge in [-0.2, -0.15) is 0 Å². The van der Waals surface area contributed by atoms with Crippen molar-refractivity contribution in [3.63, 3.8) is 0 Å². The number of rotatable bonds is 9. The number of nitrogens with zero attached hydrogens (tertiary/aromatic N) is 2. The molecule has 1 aromatic rings. The van der Waals surface area contributed by atoms with Gasteiger partial charge >= 0.3 is 0 Å². The lowest BCUT2D eigenvalue weighted by molar-refractivity contribution is -0.127. The summed E-state index contributed by atoms with van der Waals surface area (Å²) in [5.74, 6) is 2.34. The van der Waals surface area contributed by atoms with E-state index >= 15 is 0 Å². The topological polar surface area (TPSA) is 69.9 Å². The summed E-state index contributed by atoms with van der Waals surface area (Å²) in [5, 5.41) is 6.81. The zero-order valence-corrected chi connectivity index (χ0v) is 19.4. The predicted octanol–water partition coefficient (Wildman–Crippen LogP) is 3.28. The van der Waals surface area contributed by atoms with Crippen molar-refractivity contribution >= 4 is 35.8 Å². The number of carbonyl (C=O) groups excluding carboxylic acids is 1. The van der Waals surface area contributed by atoms with E-state index in [9.17, 15) is 4.79 Å². The van der Waals surface area contributed by atoms with Gasteiger partial charge < -0.3 is 20.0 Å². The SMILES string of the molecule is CC(C)CC1(CNC(=NCC(=O)N(C)C)NCCc2ccco2)CCC1.I. The van der Waals surface area contributed by atoms with Crippen LogP contribution in [0, 0.1) is 11.3 Å². The van der Waals surface area contributed by atoms with Gasteiger partial charge in [-0.05, 0) is 42.7 Å². The molecule has 0 saturated heterocycles. The molecule has 0 spiro atoms. The number of hydrogen-bond acceptors (Lipinski definition) is 3. The van der Waals surface area contributed by atoms with Crippen molar-refractivity contribution < 1.29 is 9.21 Å². The van der Waals surface area contributed by atoms with Gasteiger partial charge in [0.05, 0.1) is 6.26 Å². The molecule has 1 fully saturated rings. The number of furan rings is 1. The average molecular weight is 490 g/mol. The van der Waals surface area contributed by atoms with Crippen LogP contribution in [0.15, 0.2) is 27.8 Å². The molecule has 0 aromatic carbocycles. The Morgan fingerprint density at radius 3 is 2.59 bits per heavy atom. The first-order chi connectivity index (χ1) is 12.4. The Bertz CT molecular complexity index is 581. The second-order valence-electron chi connectivity index (χ2n) is 8.01. The Morgan fingerprint density at radius 2 is 2.07 bits per heavy atom. The fourth-order valence-corrected chi connectivity index (χ4v) is 3.49. The Morgan fingerprint density at radius 1 is 1.33 bits per heavy atom. The number of nitrogens with one attached hydrogen (secondary N) is 2. The van der Waals surface area contributed by atoms with Crippen molar-refractivity contribution in [1.29, 1.82) is 0 Å². The number of carbonyl (C=O) groups is 1. The van der Waals surface area contributed by atoms with Crippen LogP contribution in [-0.2, 0) is 11.2 Å². The van der Waals surface area contributed by atoms with Crippen LogP contribution in [0.5, 0.6) is 0 Å². The lowest BCUT2D eigenvalue weighted by Crippen LogP contribution is -2.47. The highest BCUT2D eigenvalue weighted by molar-refractivity contribution is 14.0. The van der Waals surface area contributed by atoms with E-state index in [4.69, 9.17) is 4.42 Å². The molecule has 1 amide bonds. The maximum Gasteiger partial charge on any atom is 0.243 e. The average Bonchev–Trinajstić information content (AvgIpc) is 3.06. The number of likely N-dealkylation sites (N-methyl/N-ethyl adjacent to an activating group) is 1. The van der Waals surface area contributed by atoms with Gasteiger partial charge in [-0.3, -0.25) is 4.79 Å². The van der Waals surface area contributed by atoms with E-state index in [1.165, 1.54) is 25.7 Å². The first-order valence-corrected chi connectivity index (χ1v) is 9.65. The van der Waals surface area contributed by atoms with Gasteiger partial charge in [0.15, 0.2) is 5.96 Å². The summed E-state index contributed by atoms with van der Waals surface area (Å²) >= 11 is 0. The Hall–Kier alpha value is -1.25. The van der Waals surface area contributed by atoms with Crippen LogP contribution in [0.1, 0.15) is 45.3 Å². The van der Waals surface area contributed by atoms with E-state index in [0.29, 0.717) is 23.8 Å². The standard InChI is InChI=1S/C20H34N4O2.HI/c1-16(2)13-20(9-6-10-20)15-23-19(22-14-18(25)24(3)4)21-11-8-17-7-5-12-26-17;/h5,7,12,16H,6,8-11,13-15H2,1-4H3,(H2,21,22,23);1H. The molecule has 0 radical (unpaired) electrons. The van der Waals surface area contributed by atoms with Crippen LogP contribution in [0.2, 0.25) is 0 Å². The van der Waals surface area contributed by atoms with Crippen molar-refractivity contribution in [3.8, 4) is 0 Å². The van der Waals surface area contributed by atoms with Crippen molar-refractivity contribution in [3.05, 3.63) is 24.2 Å². The lowest BCUT2D eigenvalue weighted by Gasteiger charge is -2.43. The van der Waals surface area contributed by atoms with E-state index in [-0.39, 0.29) is 36.4 Å². The van der Waals surface area contributed by atoms with Crippen LogP contribution in [0.4, 0.5) is 0 Å². The molecule has 0 atom stereocenters. The minimum Gasteiger partial charge on any atom is -0.469 e. The Kier molecular flexibility index (Phi) is 10.2. The van der Waals surface area contributed by atoms with Crippen molar-refractivity contribution in [1.82, 2.24) is 15.5 Å². The molecule has 2 N–H and O–H groups in total. The van der Waals surface area contributed by atoms with Gasteiger partial charge in [0.2, 0.25) is 5.91 Å². The largest absolute Gasteiger partial charge is 0.469 e. The van der Waals surface area contributed by atoms with Crippen LogP contribution >= 0.6 is 24.0 Å². The highest BCUT2D eigenvalue weighted by Crippen LogP contribution is 2.45. The molecule has 0 aliphatic heterocycles. The summed E-state index contributed by atoms with van der Waals surface area (Å²) < 4.78 is 5.37. The number of aliphatic imine (C=N–C) groups is 1. The van der Waals surface area contributed by atoms with Gasteiger partial charge in [-0.25, -0.2) is 4.99 Å². The summed E-state index contributed by atoms with van der Waals surface area (Å²) in [6, 6.07) is 3.86. The Balaban J connectivity index is 0.00000364. The molecule has 27 heavy (non-hydrogen) atoms. The number of guanidine groups is 1. The van der Waals surface area contributed by atoms with Crippen molar-refractivity contribution in [2.75, 3.05) is 33.7 Å². The molecule has 7 heteroatoms. The zero-order valence-electron chi connectivity index (χ0n) is 17.1. The van der Waals surface area contributed by atoms with Gasteiger partial charge in [0, 0.05) is 33.6 Å². The molecule has 1 saturated carbocycles. The third kappa shape index (κ3) is 8.11. The fraction of sp³-hybridized carbons (Fsp3) is 0.700. The van der Waals surface area contributed by atoms with E-state index in [1.807, 2.05) is 12.1 Å². The van der Waals surface area contributed by atoms with Crippen LogP contribution in [0.3, 0.4) is 0 Å². The summed E-state index contributed by atoms with van der Waals surface area (Å²) in [7, 11) is 3.50. The molecule has 1 heterocycles. The minimum atomic E-state index is -0.00216. The third-order valence-electron chi connectivity index (χ3n) is 5.00. The maximum absolute atomic E-state index is 11.9. The van der Waals surface area contributed by atoms with Gasteiger partial charge in [0.25, 0.3) is 0 Å². The van der Waals surface area contributed by atoms with Crippen molar-refractivity contribution in [2.24, 2.45) is 16.3 Å². The maximum atomic E-state index is 11.9. The van der Waals surface area contributed by atoms with Gasteiger partial charge in [-0.15, -0.1) is 24.0 Å². The van der Waals surface area contributed by atoms with E-state index in [1.54, 1.807) is 25.3 Å². The second kappa shape index (κ2) is 11.6. The zero-order chi connectivity index (χ0) is 19.0. The van der Waals surface area contributed by atoms with Gasteiger partial charge in [0.1, 0.15) is 12.3 Å². The summed E-state index contributed by atoms with van der Waals surface area (Å²) in [5.41, 5.74) is 0.378. The molecule has 0 unspecified atom stereocenters. The number of halogens is 1. The molecule has 1 aliphatic carbocycles. The fourth-order valence-electron chi connectivity index (χ4n) is 3.49. The van der Waals surface area contributed by atoms with Crippen molar-refractivity contribution in [2.45, 2.75) is 46.0 Å². The lowest BCUT2D eigenvalue weighted by atomic mass is 9.64. The normalized spacial score (nSPS) is 15.7. The molecule has 1 aromatic heterocycles. The minimum absolute atomic E-state index is 0.